The summed E-state index contributed by atoms with van der Waals surface area (Å²) in [4.78, 5) is 18.7. The van der Waals surface area contributed by atoms with E-state index < -0.39 is 0 Å². The van der Waals surface area contributed by atoms with Crippen LogP contribution in [-0.2, 0) is 0 Å². The number of para-hydroxylation sites is 1. The molecule has 1 aliphatic rings. The van der Waals surface area contributed by atoms with Crippen molar-refractivity contribution in [3.05, 3.63) is 54.4 Å². The summed E-state index contributed by atoms with van der Waals surface area (Å²) < 4.78 is 0. The van der Waals surface area contributed by atoms with Crippen molar-refractivity contribution in [3.63, 3.8) is 0 Å². The molecule has 1 aliphatic carbocycles. The first-order valence-electron chi connectivity index (χ1n) is 8.30. The van der Waals surface area contributed by atoms with Crippen LogP contribution in [0.15, 0.2) is 48.7 Å². The molecule has 0 aliphatic heterocycles. The van der Waals surface area contributed by atoms with E-state index in [1.54, 1.807) is 6.20 Å². The van der Waals surface area contributed by atoms with Crippen LogP contribution in [0.2, 0.25) is 0 Å². The number of nitrogens with zero attached hydrogens (tertiary/aromatic N) is 2. The number of carbonyl (C=O) groups excluding carboxylic acids is 1. The summed E-state index contributed by atoms with van der Waals surface area (Å²) in [5, 5.41) is 3.12. The molecule has 1 N–H and O–H groups in total. The predicted molar refractivity (Wildman–Crippen MR) is 93.1 cm³/mol. The van der Waals surface area contributed by atoms with Crippen molar-refractivity contribution in [2.24, 2.45) is 0 Å². The molecule has 2 aromatic rings. The highest BCUT2D eigenvalue weighted by molar-refractivity contribution is 5.93. The first-order valence-corrected chi connectivity index (χ1v) is 8.30. The molecule has 4 nitrogen and oxygen atoms in total. The molecule has 0 saturated heterocycles. The molecule has 0 radical (unpaired) electrons. The number of anilines is 2. The lowest BCUT2D eigenvalue weighted by atomic mass is 9.95. The summed E-state index contributed by atoms with van der Waals surface area (Å²) in [7, 11) is 1.99. The maximum Gasteiger partial charge on any atom is 0.270 e. The van der Waals surface area contributed by atoms with Crippen molar-refractivity contribution >= 4 is 17.3 Å². The number of hydrogen-bond donors (Lipinski definition) is 1. The summed E-state index contributed by atoms with van der Waals surface area (Å²) in [5.74, 6) is -0.0692. The highest BCUT2D eigenvalue weighted by atomic mass is 16.1. The van der Waals surface area contributed by atoms with Crippen molar-refractivity contribution in [2.75, 3.05) is 11.9 Å². The van der Waals surface area contributed by atoms with Crippen LogP contribution in [0, 0.1) is 0 Å². The Kier molecular flexibility index (Phi) is 4.91. The zero-order valence-corrected chi connectivity index (χ0v) is 13.5. The Morgan fingerprint density at radius 3 is 2.57 bits per heavy atom. The summed E-state index contributed by atoms with van der Waals surface area (Å²) in [6.07, 6.45) is 7.54. The highest BCUT2D eigenvalue weighted by Crippen LogP contribution is 2.23. The maximum atomic E-state index is 12.4. The Morgan fingerprint density at radius 1 is 1.09 bits per heavy atom. The van der Waals surface area contributed by atoms with Crippen molar-refractivity contribution in [1.29, 1.82) is 0 Å². The van der Waals surface area contributed by atoms with Crippen LogP contribution < -0.4 is 10.2 Å². The van der Waals surface area contributed by atoms with E-state index in [0.717, 1.165) is 24.2 Å². The largest absolute Gasteiger partial charge is 0.348 e. The van der Waals surface area contributed by atoms with Gasteiger partial charge in [-0.1, -0.05) is 37.5 Å². The van der Waals surface area contributed by atoms with Gasteiger partial charge in [0, 0.05) is 30.7 Å². The molecule has 0 spiro atoms. The smallest absolute Gasteiger partial charge is 0.270 e. The van der Waals surface area contributed by atoms with E-state index in [4.69, 9.17) is 0 Å². The molecule has 0 atom stereocenters. The van der Waals surface area contributed by atoms with Crippen molar-refractivity contribution < 1.29 is 4.79 Å². The van der Waals surface area contributed by atoms with Gasteiger partial charge in [-0.05, 0) is 37.1 Å². The van der Waals surface area contributed by atoms with Gasteiger partial charge in [-0.3, -0.25) is 9.78 Å². The van der Waals surface area contributed by atoms with Crippen LogP contribution >= 0.6 is 0 Å². The topological polar surface area (TPSA) is 45.2 Å². The Balaban J connectivity index is 1.72. The Morgan fingerprint density at radius 2 is 1.83 bits per heavy atom. The Bertz CT molecular complexity index is 651. The van der Waals surface area contributed by atoms with Crippen LogP contribution in [0.25, 0.3) is 0 Å². The first-order chi connectivity index (χ1) is 11.2. The summed E-state index contributed by atoms with van der Waals surface area (Å²) >= 11 is 0. The van der Waals surface area contributed by atoms with Gasteiger partial charge in [-0.2, -0.15) is 0 Å². The fourth-order valence-corrected chi connectivity index (χ4v) is 3.06. The van der Waals surface area contributed by atoms with Crippen molar-refractivity contribution in [2.45, 2.75) is 38.1 Å². The lowest BCUT2D eigenvalue weighted by Crippen LogP contribution is -2.36. The lowest BCUT2D eigenvalue weighted by molar-refractivity contribution is 0.0922. The molecule has 1 heterocycles. The average Bonchev–Trinajstić information content (AvgIpc) is 2.63. The highest BCUT2D eigenvalue weighted by Gasteiger charge is 2.18. The van der Waals surface area contributed by atoms with Crippen LogP contribution in [-0.4, -0.2) is 24.0 Å². The number of hydrogen-bond acceptors (Lipinski definition) is 3. The van der Waals surface area contributed by atoms with Crippen LogP contribution in [0.5, 0.6) is 0 Å². The second-order valence-corrected chi connectivity index (χ2v) is 6.10. The molecule has 1 saturated carbocycles. The third-order valence-corrected chi connectivity index (χ3v) is 4.45. The quantitative estimate of drug-likeness (QED) is 0.931. The van der Waals surface area contributed by atoms with Gasteiger partial charge in [-0.15, -0.1) is 0 Å². The summed E-state index contributed by atoms with van der Waals surface area (Å²) in [5.41, 5.74) is 2.52. The standard InChI is InChI=1S/C19H23N3O/c1-22(16-10-6-3-7-11-16)17-12-13-20-18(14-17)19(23)21-15-8-4-2-5-9-15/h3,6-7,10-15H,2,4-5,8-9H2,1H3,(H,21,23). The Hall–Kier alpha value is -2.36. The van der Waals surface area contributed by atoms with Gasteiger partial charge in [0.05, 0.1) is 0 Å². The number of aromatic nitrogens is 1. The minimum atomic E-state index is -0.0692. The monoisotopic (exact) mass is 309 g/mol. The van der Waals surface area contributed by atoms with Crippen LogP contribution in [0.3, 0.4) is 0 Å². The molecule has 0 bridgehead atoms. The van der Waals surface area contributed by atoms with Gasteiger partial charge in [-0.25, -0.2) is 0 Å². The van der Waals surface area contributed by atoms with Crippen molar-refractivity contribution in [1.82, 2.24) is 10.3 Å². The molecule has 1 fully saturated rings. The molecular formula is C19H23N3O. The van der Waals surface area contributed by atoms with Crippen LogP contribution in [0.1, 0.15) is 42.6 Å². The second kappa shape index (κ2) is 7.27. The van der Waals surface area contributed by atoms with Gasteiger partial charge in [0.25, 0.3) is 5.91 Å². The van der Waals surface area contributed by atoms with Gasteiger partial charge in [0.15, 0.2) is 0 Å². The molecule has 1 amide bonds. The summed E-state index contributed by atoms with van der Waals surface area (Å²) in [6.45, 7) is 0. The molecule has 120 valence electrons. The van der Waals surface area contributed by atoms with E-state index in [9.17, 15) is 4.79 Å². The van der Waals surface area contributed by atoms with Gasteiger partial charge in [0.1, 0.15) is 5.69 Å². The fourth-order valence-electron chi connectivity index (χ4n) is 3.06. The number of pyridine rings is 1. The summed E-state index contributed by atoms with van der Waals surface area (Å²) in [6, 6.07) is 14.2. The molecule has 1 aromatic carbocycles. The number of nitrogens with one attached hydrogen (secondary N) is 1. The third kappa shape index (κ3) is 3.89. The molecule has 4 heteroatoms. The van der Waals surface area contributed by atoms with Crippen LogP contribution in [0.4, 0.5) is 11.4 Å². The molecular weight excluding hydrogens is 286 g/mol. The molecule has 1 aromatic heterocycles. The molecule has 0 unspecified atom stereocenters. The number of rotatable bonds is 4. The van der Waals surface area contributed by atoms with E-state index in [1.165, 1.54) is 19.3 Å². The first kappa shape index (κ1) is 15.5. The number of carbonyl (C=O) groups is 1. The number of benzene rings is 1. The van der Waals surface area contributed by atoms with E-state index in [0.29, 0.717) is 11.7 Å². The Labute approximate surface area is 137 Å². The average molecular weight is 309 g/mol. The van der Waals surface area contributed by atoms with E-state index in [-0.39, 0.29) is 5.91 Å². The van der Waals surface area contributed by atoms with Gasteiger partial charge < -0.3 is 10.2 Å². The fraction of sp³-hybridized carbons (Fsp3) is 0.368. The van der Waals surface area contributed by atoms with E-state index in [2.05, 4.69) is 15.2 Å². The van der Waals surface area contributed by atoms with Gasteiger partial charge >= 0.3 is 0 Å². The minimum Gasteiger partial charge on any atom is -0.348 e. The van der Waals surface area contributed by atoms with E-state index >= 15 is 0 Å². The lowest BCUT2D eigenvalue weighted by Gasteiger charge is -2.23. The third-order valence-electron chi connectivity index (χ3n) is 4.45. The van der Waals surface area contributed by atoms with Gasteiger partial charge in [0.2, 0.25) is 0 Å². The second-order valence-electron chi connectivity index (χ2n) is 6.10. The molecule has 3 rings (SSSR count). The minimum absolute atomic E-state index is 0.0692. The zero-order valence-electron chi connectivity index (χ0n) is 13.5. The molecule has 23 heavy (non-hydrogen) atoms. The maximum absolute atomic E-state index is 12.4. The number of amides is 1. The normalized spacial score (nSPS) is 15.2. The predicted octanol–water partition coefficient (Wildman–Crippen LogP) is 3.91. The SMILES string of the molecule is CN(c1ccccc1)c1ccnc(C(=O)NC2CCCCC2)c1. The van der Waals surface area contributed by atoms with E-state index in [1.807, 2.05) is 49.5 Å². The zero-order chi connectivity index (χ0) is 16.1. The van der Waals surface area contributed by atoms with Crippen molar-refractivity contribution in [3.8, 4) is 0 Å².